The van der Waals surface area contributed by atoms with Gasteiger partial charge in [0.05, 0.1) is 25.4 Å². The summed E-state index contributed by atoms with van der Waals surface area (Å²) >= 11 is 0. The van der Waals surface area contributed by atoms with Gasteiger partial charge in [-0.05, 0) is 67.7 Å². The molecule has 1 aliphatic heterocycles. The van der Waals surface area contributed by atoms with E-state index in [2.05, 4.69) is 15.2 Å². The Hall–Kier alpha value is -3.58. The summed E-state index contributed by atoms with van der Waals surface area (Å²) in [4.78, 5) is 41.9. The molecule has 39 heavy (non-hydrogen) atoms. The Balaban J connectivity index is 0.000000673. The fourth-order valence-corrected chi connectivity index (χ4v) is 3.84. The number of amides is 2. The minimum Gasteiger partial charge on any atom is -0.475 e. The van der Waals surface area contributed by atoms with Crippen LogP contribution in [0.15, 0.2) is 42.6 Å². The highest BCUT2D eigenvalue weighted by atomic mass is 19.4. The number of ether oxygens (including phenoxy) is 1. The van der Waals surface area contributed by atoms with Gasteiger partial charge in [0.1, 0.15) is 5.82 Å². The first kappa shape index (κ1) is 31.6. The number of alkyl halides is 3. The zero-order valence-corrected chi connectivity index (χ0v) is 21.7. The molecule has 1 aromatic carbocycles. The van der Waals surface area contributed by atoms with E-state index in [0.717, 1.165) is 37.2 Å². The molecule has 0 unspecified atom stereocenters. The molecule has 0 saturated carbocycles. The number of rotatable bonds is 9. The Morgan fingerprint density at radius 2 is 1.74 bits per heavy atom. The Morgan fingerprint density at radius 1 is 1.13 bits per heavy atom. The molecule has 214 valence electrons. The van der Waals surface area contributed by atoms with Crippen LogP contribution in [0.5, 0.6) is 0 Å². The number of piperidine rings is 1. The number of methoxy groups -OCH3 is 1. The maximum absolute atomic E-state index is 13.0. The molecule has 0 atom stereocenters. The molecule has 2 heterocycles. The monoisotopic (exact) mass is 556 g/mol. The number of carbonyl (C=O) groups is 3. The van der Waals surface area contributed by atoms with Crippen molar-refractivity contribution in [2.24, 2.45) is 5.92 Å². The summed E-state index contributed by atoms with van der Waals surface area (Å²) in [5, 5.41) is 10.0. The number of nitrogens with one attached hydrogen (secondary N) is 1. The normalized spacial score (nSPS) is 14.2. The summed E-state index contributed by atoms with van der Waals surface area (Å²) in [5.41, 5.74) is 2.32. The van der Waals surface area contributed by atoms with Crippen molar-refractivity contribution < 1.29 is 41.8 Å². The van der Waals surface area contributed by atoms with Crippen molar-refractivity contribution in [3.63, 3.8) is 0 Å². The lowest BCUT2D eigenvalue weighted by Gasteiger charge is -2.33. The van der Waals surface area contributed by atoms with Crippen molar-refractivity contribution in [3.8, 4) is 0 Å². The standard InChI is InChI=1S/C24H31FN4O3.C2HF3O2/c1-28(24(31)27-14-22-8-3-19(13-26-22)17-32-2)15-18-9-11-29(12-10-18)16-23(30)20-4-6-21(25)7-5-20;3-2(4,5)1(6)7/h3-8,13,18H,9-12,14-17H2,1-2H3,(H,27,31);(H,6,7). The molecular formula is C26H32F4N4O5. The van der Waals surface area contributed by atoms with Crippen LogP contribution in [0.4, 0.5) is 22.4 Å². The first-order chi connectivity index (χ1) is 18.4. The van der Waals surface area contributed by atoms with E-state index in [9.17, 15) is 27.2 Å². The number of Topliss-reactive ketones (excluding diaryl/α,β-unsaturated/α-hetero) is 1. The van der Waals surface area contributed by atoms with Gasteiger partial charge in [-0.2, -0.15) is 13.2 Å². The summed E-state index contributed by atoms with van der Waals surface area (Å²) in [6, 6.07) is 9.39. The highest BCUT2D eigenvalue weighted by molar-refractivity contribution is 5.97. The van der Waals surface area contributed by atoms with Gasteiger partial charge in [0.15, 0.2) is 5.78 Å². The number of benzene rings is 1. The first-order valence-corrected chi connectivity index (χ1v) is 12.1. The number of aliphatic carboxylic acids is 1. The van der Waals surface area contributed by atoms with Crippen molar-refractivity contribution in [2.75, 3.05) is 40.3 Å². The number of aromatic nitrogens is 1. The third-order valence-corrected chi connectivity index (χ3v) is 5.98. The smallest absolute Gasteiger partial charge is 0.475 e. The topological polar surface area (TPSA) is 112 Å². The molecule has 9 nitrogen and oxygen atoms in total. The van der Waals surface area contributed by atoms with Crippen LogP contribution in [0.2, 0.25) is 0 Å². The molecule has 1 aliphatic rings. The number of halogens is 4. The van der Waals surface area contributed by atoms with Gasteiger partial charge in [-0.25, -0.2) is 14.0 Å². The van der Waals surface area contributed by atoms with Crippen LogP contribution in [-0.2, 0) is 22.7 Å². The first-order valence-electron chi connectivity index (χ1n) is 12.1. The number of carboxylic acids is 1. The fourth-order valence-electron chi connectivity index (χ4n) is 3.84. The molecule has 1 aromatic heterocycles. The Labute approximate surface area is 223 Å². The zero-order valence-electron chi connectivity index (χ0n) is 21.7. The third kappa shape index (κ3) is 11.4. The molecule has 2 N–H and O–H groups in total. The minimum atomic E-state index is -5.08. The molecule has 0 spiro atoms. The number of hydrogen-bond acceptors (Lipinski definition) is 6. The summed E-state index contributed by atoms with van der Waals surface area (Å²) in [6.07, 6.45) is -1.48. The summed E-state index contributed by atoms with van der Waals surface area (Å²) < 4.78 is 49.8. The number of pyridine rings is 1. The van der Waals surface area contributed by atoms with Gasteiger partial charge in [0.2, 0.25) is 0 Å². The van der Waals surface area contributed by atoms with E-state index in [1.807, 2.05) is 12.1 Å². The van der Waals surface area contributed by atoms with E-state index < -0.39 is 12.1 Å². The van der Waals surface area contributed by atoms with Crippen molar-refractivity contribution >= 4 is 17.8 Å². The SMILES string of the molecule is COCc1ccc(CNC(=O)N(C)CC2CCN(CC(=O)c3ccc(F)cc3)CC2)nc1.O=C(O)C(F)(F)F. The van der Waals surface area contributed by atoms with Crippen LogP contribution in [0, 0.1) is 11.7 Å². The number of nitrogens with zero attached hydrogens (tertiary/aromatic N) is 3. The van der Waals surface area contributed by atoms with Crippen LogP contribution in [-0.4, -0.2) is 84.2 Å². The molecule has 3 rings (SSSR count). The van der Waals surface area contributed by atoms with E-state index in [1.54, 1.807) is 25.3 Å². The van der Waals surface area contributed by atoms with E-state index >= 15 is 0 Å². The lowest BCUT2D eigenvalue weighted by molar-refractivity contribution is -0.192. The molecular weight excluding hydrogens is 524 g/mol. The highest BCUT2D eigenvalue weighted by Gasteiger charge is 2.38. The van der Waals surface area contributed by atoms with E-state index in [-0.39, 0.29) is 17.6 Å². The van der Waals surface area contributed by atoms with Crippen molar-refractivity contribution in [3.05, 3.63) is 65.2 Å². The Morgan fingerprint density at radius 3 is 2.26 bits per heavy atom. The van der Waals surface area contributed by atoms with Gasteiger partial charge in [-0.1, -0.05) is 6.07 Å². The molecule has 1 saturated heterocycles. The highest BCUT2D eigenvalue weighted by Crippen LogP contribution is 2.19. The van der Waals surface area contributed by atoms with Crippen molar-refractivity contribution in [1.82, 2.24) is 20.1 Å². The summed E-state index contributed by atoms with van der Waals surface area (Å²) in [7, 11) is 3.44. The Bertz CT molecular complexity index is 1070. The van der Waals surface area contributed by atoms with E-state index in [0.29, 0.717) is 37.7 Å². The van der Waals surface area contributed by atoms with E-state index in [4.69, 9.17) is 14.6 Å². The van der Waals surface area contributed by atoms with Gasteiger partial charge >= 0.3 is 18.2 Å². The second-order valence-corrected chi connectivity index (χ2v) is 9.08. The third-order valence-electron chi connectivity index (χ3n) is 5.98. The second-order valence-electron chi connectivity index (χ2n) is 9.08. The molecule has 2 aromatic rings. The van der Waals surface area contributed by atoms with Crippen molar-refractivity contribution in [2.45, 2.75) is 32.2 Å². The quantitative estimate of drug-likeness (QED) is 0.358. The Kier molecular flexibility index (Phi) is 12.3. The number of carboxylic acid groups (broad SMARTS) is 1. The second kappa shape index (κ2) is 15.1. The lowest BCUT2D eigenvalue weighted by atomic mass is 9.96. The lowest BCUT2D eigenvalue weighted by Crippen LogP contribution is -2.43. The molecule has 2 amide bonds. The fraction of sp³-hybridized carbons (Fsp3) is 0.462. The molecule has 0 bridgehead atoms. The van der Waals surface area contributed by atoms with Gasteiger partial charge in [-0.15, -0.1) is 0 Å². The number of likely N-dealkylation sites (tertiary alicyclic amines) is 1. The van der Waals surface area contributed by atoms with Crippen LogP contribution < -0.4 is 5.32 Å². The zero-order chi connectivity index (χ0) is 29.0. The predicted octanol–water partition coefficient (Wildman–Crippen LogP) is 3.74. The maximum Gasteiger partial charge on any atom is 0.490 e. The number of carbonyl (C=O) groups excluding carboxylic acids is 2. The molecule has 0 aliphatic carbocycles. The summed E-state index contributed by atoms with van der Waals surface area (Å²) in [5.74, 6) is -2.70. The number of urea groups is 1. The van der Waals surface area contributed by atoms with Gasteiger partial charge < -0.3 is 20.1 Å². The van der Waals surface area contributed by atoms with Gasteiger partial charge in [0.25, 0.3) is 0 Å². The number of hydrogen-bond donors (Lipinski definition) is 2. The van der Waals surface area contributed by atoms with Crippen LogP contribution in [0.1, 0.15) is 34.5 Å². The molecule has 0 radical (unpaired) electrons. The molecule has 1 fully saturated rings. The number of ketones is 1. The predicted molar refractivity (Wildman–Crippen MR) is 133 cm³/mol. The van der Waals surface area contributed by atoms with Gasteiger partial charge in [0, 0.05) is 32.5 Å². The van der Waals surface area contributed by atoms with Gasteiger partial charge in [-0.3, -0.25) is 14.7 Å². The molecule has 13 heteroatoms. The largest absolute Gasteiger partial charge is 0.490 e. The average molecular weight is 557 g/mol. The summed E-state index contributed by atoms with van der Waals surface area (Å²) in [6.45, 7) is 3.52. The van der Waals surface area contributed by atoms with Crippen LogP contribution >= 0.6 is 0 Å². The van der Waals surface area contributed by atoms with E-state index in [1.165, 1.54) is 24.3 Å². The maximum atomic E-state index is 13.0. The average Bonchev–Trinajstić information content (AvgIpc) is 2.89. The van der Waals surface area contributed by atoms with Crippen LogP contribution in [0.25, 0.3) is 0 Å². The van der Waals surface area contributed by atoms with Crippen molar-refractivity contribution in [1.29, 1.82) is 0 Å². The van der Waals surface area contributed by atoms with Crippen LogP contribution in [0.3, 0.4) is 0 Å². The minimum absolute atomic E-state index is 0.00353.